The smallest absolute Gasteiger partial charge is 0.0586 e. The van der Waals surface area contributed by atoms with Crippen molar-refractivity contribution in [3.63, 3.8) is 0 Å². The Hall–Kier alpha value is 0.210. The van der Waals surface area contributed by atoms with E-state index in [1.54, 1.807) is 0 Å². The molecule has 88 valence electrons. The first-order valence-corrected chi connectivity index (χ1v) is 6.69. The predicted molar refractivity (Wildman–Crippen MR) is 63.5 cm³/mol. The summed E-state index contributed by atoms with van der Waals surface area (Å²) in [6.45, 7) is 2.46. The van der Waals surface area contributed by atoms with E-state index in [1.807, 2.05) is 7.11 Å². The van der Waals surface area contributed by atoms with Crippen LogP contribution in [0.1, 0.15) is 32.1 Å². The van der Waals surface area contributed by atoms with Crippen LogP contribution in [-0.2, 0) is 4.74 Å². The van der Waals surface area contributed by atoms with Crippen LogP contribution in [0.2, 0.25) is 0 Å². The van der Waals surface area contributed by atoms with Gasteiger partial charge in [-0.3, -0.25) is 4.90 Å². The van der Waals surface area contributed by atoms with Gasteiger partial charge in [-0.1, -0.05) is 0 Å². The molecule has 1 heterocycles. The predicted octanol–water partition coefficient (Wildman–Crippen LogP) is 2.50. The lowest BCUT2D eigenvalue weighted by Crippen LogP contribution is -2.39. The summed E-state index contributed by atoms with van der Waals surface area (Å²) in [5, 5.41) is 0. The first-order valence-electron chi connectivity index (χ1n) is 6.16. The van der Waals surface area contributed by atoms with Crippen LogP contribution in [0.4, 0.5) is 0 Å². The normalized spacial score (nSPS) is 38.4. The molecule has 2 rings (SSSR count). The number of rotatable bonds is 3. The zero-order chi connectivity index (χ0) is 10.7. The number of nitrogens with zero attached hydrogens (tertiary/aromatic N) is 1. The van der Waals surface area contributed by atoms with E-state index in [0.717, 1.165) is 17.8 Å². The molecule has 3 atom stereocenters. The Bertz CT molecular complexity index is 200. The van der Waals surface area contributed by atoms with E-state index in [0.29, 0.717) is 6.10 Å². The lowest BCUT2D eigenvalue weighted by atomic mass is 9.92. The molecule has 0 aromatic heterocycles. The van der Waals surface area contributed by atoms with E-state index in [-0.39, 0.29) is 0 Å². The van der Waals surface area contributed by atoms with Gasteiger partial charge in [0, 0.05) is 25.6 Å². The number of methoxy groups -OCH3 is 1. The number of ether oxygens (including phenoxy) is 1. The zero-order valence-electron chi connectivity index (χ0n) is 9.62. The monoisotopic (exact) mass is 231 g/mol. The van der Waals surface area contributed by atoms with Gasteiger partial charge in [-0.25, -0.2) is 0 Å². The number of alkyl halides is 1. The Morgan fingerprint density at radius 1 is 1.33 bits per heavy atom. The maximum atomic E-state index is 5.92. The zero-order valence-corrected chi connectivity index (χ0v) is 10.4. The van der Waals surface area contributed by atoms with Crippen LogP contribution in [0.15, 0.2) is 0 Å². The highest BCUT2D eigenvalue weighted by atomic mass is 35.5. The van der Waals surface area contributed by atoms with Gasteiger partial charge >= 0.3 is 0 Å². The third-order valence-electron chi connectivity index (χ3n) is 3.98. The van der Waals surface area contributed by atoms with Gasteiger partial charge in [-0.05, 0) is 44.6 Å². The van der Waals surface area contributed by atoms with Gasteiger partial charge in [0.25, 0.3) is 0 Å². The van der Waals surface area contributed by atoms with E-state index in [1.165, 1.54) is 45.2 Å². The third kappa shape index (κ3) is 2.86. The van der Waals surface area contributed by atoms with Crippen LogP contribution in [-0.4, -0.2) is 43.1 Å². The summed E-state index contributed by atoms with van der Waals surface area (Å²) in [7, 11) is 1.85. The lowest BCUT2D eigenvalue weighted by Gasteiger charge is -2.34. The van der Waals surface area contributed by atoms with Gasteiger partial charge in [0.2, 0.25) is 0 Å². The molecule has 3 unspecified atom stereocenters. The molecule has 0 radical (unpaired) electrons. The maximum absolute atomic E-state index is 5.92. The SMILES string of the molecule is COC1CCCC(N2CCC(CCl)C2)C1. The fourth-order valence-corrected chi connectivity index (χ4v) is 3.24. The summed E-state index contributed by atoms with van der Waals surface area (Å²) in [6.07, 6.45) is 6.95. The molecule has 0 spiro atoms. The molecule has 1 aliphatic heterocycles. The summed E-state index contributed by atoms with van der Waals surface area (Å²) in [6, 6.07) is 0.761. The molecule has 2 fully saturated rings. The van der Waals surface area contributed by atoms with Crippen molar-refractivity contribution in [2.24, 2.45) is 5.92 Å². The van der Waals surface area contributed by atoms with Gasteiger partial charge in [0.05, 0.1) is 6.10 Å². The highest BCUT2D eigenvalue weighted by Gasteiger charge is 2.31. The lowest BCUT2D eigenvalue weighted by molar-refractivity contribution is 0.0334. The number of likely N-dealkylation sites (tertiary alicyclic amines) is 1. The quantitative estimate of drug-likeness (QED) is 0.693. The van der Waals surface area contributed by atoms with Gasteiger partial charge in [0.15, 0.2) is 0 Å². The second kappa shape index (κ2) is 5.51. The van der Waals surface area contributed by atoms with E-state index in [4.69, 9.17) is 16.3 Å². The fraction of sp³-hybridized carbons (Fsp3) is 1.00. The van der Waals surface area contributed by atoms with Crippen molar-refractivity contribution >= 4 is 11.6 Å². The van der Waals surface area contributed by atoms with Crippen molar-refractivity contribution < 1.29 is 4.74 Å². The topological polar surface area (TPSA) is 12.5 Å². The van der Waals surface area contributed by atoms with Crippen LogP contribution in [0.5, 0.6) is 0 Å². The standard InChI is InChI=1S/C12H22ClNO/c1-15-12-4-2-3-11(7-12)14-6-5-10(8-13)9-14/h10-12H,2-9H2,1H3. The van der Waals surface area contributed by atoms with Gasteiger partial charge in [0.1, 0.15) is 0 Å². The second-order valence-corrected chi connectivity index (χ2v) is 5.29. The second-order valence-electron chi connectivity index (χ2n) is 4.98. The van der Waals surface area contributed by atoms with Crippen LogP contribution in [0, 0.1) is 5.92 Å². The minimum atomic E-state index is 0.499. The van der Waals surface area contributed by atoms with Crippen LogP contribution < -0.4 is 0 Å². The molecule has 15 heavy (non-hydrogen) atoms. The largest absolute Gasteiger partial charge is 0.381 e. The average Bonchev–Trinajstić information content (AvgIpc) is 2.78. The van der Waals surface area contributed by atoms with E-state index in [2.05, 4.69) is 4.90 Å². The van der Waals surface area contributed by atoms with Gasteiger partial charge in [-0.15, -0.1) is 11.6 Å². The van der Waals surface area contributed by atoms with Gasteiger partial charge < -0.3 is 4.74 Å². The molecular formula is C12H22ClNO. The maximum Gasteiger partial charge on any atom is 0.0586 e. The first-order chi connectivity index (χ1) is 7.33. The summed E-state index contributed by atoms with van der Waals surface area (Å²) in [5.41, 5.74) is 0. The molecule has 1 saturated heterocycles. The Labute approximate surface area is 97.9 Å². The minimum Gasteiger partial charge on any atom is -0.381 e. The van der Waals surface area contributed by atoms with Crippen molar-refractivity contribution in [3.8, 4) is 0 Å². The molecule has 0 N–H and O–H groups in total. The summed E-state index contributed by atoms with van der Waals surface area (Å²) in [4.78, 5) is 2.64. The van der Waals surface area contributed by atoms with Crippen LogP contribution in [0.25, 0.3) is 0 Å². The number of halogens is 1. The molecule has 1 aliphatic carbocycles. The highest BCUT2D eigenvalue weighted by molar-refractivity contribution is 6.18. The minimum absolute atomic E-state index is 0.499. The molecule has 2 aliphatic rings. The van der Waals surface area contributed by atoms with Crippen LogP contribution in [0.3, 0.4) is 0 Å². The van der Waals surface area contributed by atoms with E-state index in [9.17, 15) is 0 Å². The van der Waals surface area contributed by atoms with Crippen molar-refractivity contribution in [2.45, 2.75) is 44.2 Å². The van der Waals surface area contributed by atoms with E-state index < -0.39 is 0 Å². The molecule has 3 heteroatoms. The molecular weight excluding hydrogens is 210 g/mol. The molecule has 1 saturated carbocycles. The fourth-order valence-electron chi connectivity index (χ4n) is 2.99. The van der Waals surface area contributed by atoms with Crippen LogP contribution >= 0.6 is 11.6 Å². The third-order valence-corrected chi connectivity index (χ3v) is 4.42. The van der Waals surface area contributed by atoms with Crippen molar-refractivity contribution in [1.82, 2.24) is 4.90 Å². The molecule has 0 aromatic rings. The molecule has 2 nitrogen and oxygen atoms in total. The Kier molecular flexibility index (Phi) is 4.30. The summed E-state index contributed by atoms with van der Waals surface area (Å²) in [5.74, 6) is 1.56. The Morgan fingerprint density at radius 3 is 2.87 bits per heavy atom. The van der Waals surface area contributed by atoms with Crippen molar-refractivity contribution in [2.75, 3.05) is 26.1 Å². The number of hydrogen-bond acceptors (Lipinski definition) is 2. The first kappa shape index (κ1) is 11.7. The molecule has 0 bridgehead atoms. The van der Waals surface area contributed by atoms with Gasteiger partial charge in [-0.2, -0.15) is 0 Å². The Morgan fingerprint density at radius 2 is 2.20 bits per heavy atom. The molecule has 0 amide bonds. The van der Waals surface area contributed by atoms with Crippen molar-refractivity contribution in [3.05, 3.63) is 0 Å². The highest BCUT2D eigenvalue weighted by Crippen LogP contribution is 2.29. The average molecular weight is 232 g/mol. The molecule has 0 aromatic carbocycles. The Balaban J connectivity index is 1.83. The summed E-state index contributed by atoms with van der Waals surface area (Å²) < 4.78 is 5.48. The summed E-state index contributed by atoms with van der Waals surface area (Å²) >= 11 is 5.92. The number of hydrogen-bond donors (Lipinski definition) is 0. The van der Waals surface area contributed by atoms with E-state index >= 15 is 0 Å². The van der Waals surface area contributed by atoms with Crippen molar-refractivity contribution in [1.29, 1.82) is 0 Å².